The van der Waals surface area contributed by atoms with Gasteiger partial charge in [0.2, 0.25) is 10.0 Å². The van der Waals surface area contributed by atoms with Gasteiger partial charge in [-0.15, -0.1) is 0 Å². The first-order valence-electron chi connectivity index (χ1n) is 9.67. The predicted molar refractivity (Wildman–Crippen MR) is 117 cm³/mol. The molecule has 1 amide bonds. The van der Waals surface area contributed by atoms with Crippen molar-refractivity contribution in [2.45, 2.75) is 44.0 Å². The summed E-state index contributed by atoms with van der Waals surface area (Å²) >= 11 is 11.9. The molecule has 1 aliphatic rings. The molecular formula is C21H23Cl2FN2O3S. The van der Waals surface area contributed by atoms with Crippen LogP contribution in [0.15, 0.2) is 41.3 Å². The second-order valence-corrected chi connectivity index (χ2v) is 10.3. The summed E-state index contributed by atoms with van der Waals surface area (Å²) in [5.74, 6) is -1.06. The quantitative estimate of drug-likeness (QED) is 0.603. The zero-order valence-corrected chi connectivity index (χ0v) is 18.9. The Morgan fingerprint density at radius 2 is 1.83 bits per heavy atom. The summed E-state index contributed by atoms with van der Waals surface area (Å²) in [7, 11) is -3.92. The number of carbonyl (C=O) groups excluding carboxylic acids is 1. The van der Waals surface area contributed by atoms with Crippen molar-refractivity contribution in [2.24, 2.45) is 11.8 Å². The van der Waals surface area contributed by atoms with Crippen LogP contribution >= 0.6 is 23.2 Å². The van der Waals surface area contributed by atoms with Gasteiger partial charge >= 0.3 is 0 Å². The monoisotopic (exact) mass is 472 g/mol. The maximum Gasteiger partial charge on any atom is 0.258 e. The van der Waals surface area contributed by atoms with Gasteiger partial charge in [-0.2, -0.15) is 0 Å². The van der Waals surface area contributed by atoms with Gasteiger partial charge in [0.25, 0.3) is 5.91 Å². The predicted octanol–water partition coefficient (Wildman–Crippen LogP) is 5.49. The first-order valence-corrected chi connectivity index (χ1v) is 11.9. The fraction of sp³-hybridized carbons (Fsp3) is 0.381. The van der Waals surface area contributed by atoms with Crippen LogP contribution in [0.4, 0.5) is 10.1 Å². The van der Waals surface area contributed by atoms with Gasteiger partial charge in [-0.05, 0) is 54.7 Å². The molecule has 0 bridgehead atoms. The molecule has 2 aromatic carbocycles. The molecule has 5 nitrogen and oxygen atoms in total. The highest BCUT2D eigenvalue weighted by Gasteiger charge is 2.31. The molecular weight excluding hydrogens is 450 g/mol. The van der Waals surface area contributed by atoms with Crippen LogP contribution in [0.25, 0.3) is 0 Å². The summed E-state index contributed by atoms with van der Waals surface area (Å²) in [5.41, 5.74) is -0.157. The Kier molecular flexibility index (Phi) is 7.07. The summed E-state index contributed by atoms with van der Waals surface area (Å²) in [6.45, 7) is 4.13. The second kappa shape index (κ2) is 9.22. The molecule has 1 fully saturated rings. The van der Waals surface area contributed by atoms with Gasteiger partial charge < -0.3 is 5.32 Å². The topological polar surface area (TPSA) is 75.3 Å². The lowest BCUT2D eigenvalue weighted by molar-refractivity contribution is 0.102. The number of nitrogens with one attached hydrogen (secondary N) is 2. The lowest BCUT2D eigenvalue weighted by Crippen LogP contribution is -2.43. The molecule has 0 aromatic heterocycles. The summed E-state index contributed by atoms with van der Waals surface area (Å²) < 4.78 is 42.8. The number of hydrogen-bond acceptors (Lipinski definition) is 3. The number of carbonyl (C=O) groups is 1. The zero-order valence-electron chi connectivity index (χ0n) is 16.6. The Morgan fingerprint density at radius 3 is 2.53 bits per heavy atom. The molecule has 0 radical (unpaired) electrons. The van der Waals surface area contributed by atoms with Crippen molar-refractivity contribution >= 4 is 44.8 Å². The van der Waals surface area contributed by atoms with E-state index in [4.69, 9.17) is 23.2 Å². The normalized spacial score (nSPS) is 22.0. The lowest BCUT2D eigenvalue weighted by Gasteiger charge is -2.34. The molecule has 1 saturated carbocycles. The van der Waals surface area contributed by atoms with Crippen LogP contribution in [0.5, 0.6) is 0 Å². The van der Waals surface area contributed by atoms with Crippen molar-refractivity contribution in [1.82, 2.24) is 4.72 Å². The number of rotatable bonds is 5. The van der Waals surface area contributed by atoms with E-state index >= 15 is 0 Å². The molecule has 1 aliphatic carbocycles. The van der Waals surface area contributed by atoms with Crippen molar-refractivity contribution in [3.63, 3.8) is 0 Å². The second-order valence-electron chi connectivity index (χ2n) is 7.72. The molecule has 0 heterocycles. The Hall–Kier alpha value is -1.67. The van der Waals surface area contributed by atoms with Gasteiger partial charge in [-0.25, -0.2) is 17.5 Å². The zero-order chi connectivity index (χ0) is 22.1. The third-order valence-electron chi connectivity index (χ3n) is 5.69. The first kappa shape index (κ1) is 23.0. The van der Waals surface area contributed by atoms with Gasteiger partial charge in [-0.3, -0.25) is 4.79 Å². The van der Waals surface area contributed by atoms with Gasteiger partial charge in [0.1, 0.15) is 5.82 Å². The highest BCUT2D eigenvalue weighted by Crippen LogP contribution is 2.31. The molecule has 3 atom stereocenters. The van der Waals surface area contributed by atoms with Crippen LogP contribution in [0, 0.1) is 17.7 Å². The van der Waals surface area contributed by atoms with Crippen molar-refractivity contribution in [2.75, 3.05) is 5.32 Å². The minimum absolute atomic E-state index is 0.165. The van der Waals surface area contributed by atoms with Crippen LogP contribution in [-0.4, -0.2) is 20.4 Å². The van der Waals surface area contributed by atoms with Crippen molar-refractivity contribution in [3.05, 3.63) is 57.8 Å². The molecule has 0 saturated heterocycles. The Bertz CT molecular complexity index is 1060. The molecule has 0 aliphatic heterocycles. The maximum atomic E-state index is 14.3. The van der Waals surface area contributed by atoms with Gasteiger partial charge in [0, 0.05) is 11.1 Å². The summed E-state index contributed by atoms with van der Waals surface area (Å²) in [5, 5.41) is 3.05. The fourth-order valence-electron chi connectivity index (χ4n) is 3.64. The van der Waals surface area contributed by atoms with E-state index in [1.165, 1.54) is 18.2 Å². The van der Waals surface area contributed by atoms with Crippen LogP contribution in [0.1, 0.15) is 43.5 Å². The van der Waals surface area contributed by atoms with E-state index in [1.807, 2.05) is 6.92 Å². The number of benzene rings is 2. The minimum atomic E-state index is -3.92. The van der Waals surface area contributed by atoms with Crippen LogP contribution < -0.4 is 10.0 Å². The van der Waals surface area contributed by atoms with Gasteiger partial charge in [0.15, 0.2) is 0 Å². The lowest BCUT2D eigenvalue weighted by atomic mass is 9.78. The average Bonchev–Trinajstić information content (AvgIpc) is 2.67. The fourth-order valence-corrected chi connectivity index (χ4v) is 5.48. The largest absolute Gasteiger partial charge is 0.321 e. The molecule has 0 spiro atoms. The van der Waals surface area contributed by atoms with Crippen molar-refractivity contribution in [1.29, 1.82) is 0 Å². The molecule has 2 aromatic rings. The molecule has 162 valence electrons. The van der Waals surface area contributed by atoms with Crippen molar-refractivity contribution in [3.8, 4) is 0 Å². The smallest absolute Gasteiger partial charge is 0.258 e. The number of halogens is 3. The van der Waals surface area contributed by atoms with E-state index in [-0.39, 0.29) is 27.6 Å². The molecule has 30 heavy (non-hydrogen) atoms. The standard InChI is InChI=1S/C21H23Cl2FN2O3S/c1-12-4-3-5-19(13(12)2)26-30(28,29)15-7-8-18(24)16(11-15)21(27)25-20-9-6-14(22)10-17(20)23/h6-13,19,26H,3-5H2,1-2H3,(H,25,27)/t12-,13+,19+/m1/s1. The third kappa shape index (κ3) is 5.14. The Labute approximate surface area is 186 Å². The van der Waals surface area contributed by atoms with E-state index in [0.717, 1.165) is 37.5 Å². The third-order valence-corrected chi connectivity index (χ3v) is 7.72. The number of sulfonamides is 1. The maximum absolute atomic E-state index is 14.3. The molecule has 3 rings (SSSR count). The Balaban J connectivity index is 1.84. The first-order chi connectivity index (χ1) is 14.1. The summed E-state index contributed by atoms with van der Waals surface area (Å²) in [6, 6.07) is 7.40. The SMILES string of the molecule is C[C@H]1[C@H](C)CCC[C@@H]1NS(=O)(=O)c1ccc(F)c(C(=O)Nc2ccc(Cl)cc2Cl)c1. The molecule has 0 unspecified atom stereocenters. The van der Waals surface area contributed by atoms with E-state index < -0.39 is 27.3 Å². The number of amides is 1. The highest BCUT2D eigenvalue weighted by molar-refractivity contribution is 7.89. The minimum Gasteiger partial charge on any atom is -0.321 e. The Morgan fingerprint density at radius 1 is 1.10 bits per heavy atom. The van der Waals surface area contributed by atoms with Crippen LogP contribution in [-0.2, 0) is 10.0 Å². The van der Waals surface area contributed by atoms with E-state index in [1.54, 1.807) is 0 Å². The summed E-state index contributed by atoms with van der Waals surface area (Å²) in [4.78, 5) is 12.4. The van der Waals surface area contributed by atoms with Crippen LogP contribution in [0.3, 0.4) is 0 Å². The van der Waals surface area contributed by atoms with E-state index in [2.05, 4.69) is 17.0 Å². The molecule has 2 N–H and O–H groups in total. The summed E-state index contributed by atoms with van der Waals surface area (Å²) in [6.07, 6.45) is 2.75. The van der Waals surface area contributed by atoms with E-state index in [0.29, 0.717) is 10.9 Å². The average molecular weight is 473 g/mol. The molecule has 9 heteroatoms. The number of hydrogen-bond donors (Lipinski definition) is 2. The van der Waals surface area contributed by atoms with E-state index in [9.17, 15) is 17.6 Å². The van der Waals surface area contributed by atoms with Crippen molar-refractivity contribution < 1.29 is 17.6 Å². The number of anilines is 1. The highest BCUT2D eigenvalue weighted by atomic mass is 35.5. The van der Waals surface area contributed by atoms with Gasteiger partial charge in [0.05, 0.1) is 21.2 Å². The van der Waals surface area contributed by atoms with Gasteiger partial charge in [-0.1, -0.05) is 49.9 Å². The van der Waals surface area contributed by atoms with Crippen LogP contribution in [0.2, 0.25) is 10.0 Å².